The van der Waals surface area contributed by atoms with Crippen LogP contribution >= 0.6 is 22.9 Å². The summed E-state index contributed by atoms with van der Waals surface area (Å²) in [5, 5.41) is 8.65. The molecule has 3 aromatic rings. The van der Waals surface area contributed by atoms with Gasteiger partial charge in [-0.05, 0) is 30.3 Å². The van der Waals surface area contributed by atoms with E-state index in [0.717, 1.165) is 30.9 Å². The summed E-state index contributed by atoms with van der Waals surface area (Å²) in [6.07, 6.45) is 5.76. The zero-order valence-corrected chi connectivity index (χ0v) is 18.5. The maximum absolute atomic E-state index is 13.5. The van der Waals surface area contributed by atoms with Gasteiger partial charge in [-0.1, -0.05) is 39.8 Å². The molecular formula is C20H20ClFN8OS. The van der Waals surface area contributed by atoms with Crippen molar-refractivity contribution in [2.45, 2.75) is 25.0 Å². The quantitative estimate of drug-likeness (QED) is 0.538. The van der Waals surface area contributed by atoms with Gasteiger partial charge in [-0.2, -0.15) is 0 Å². The number of nitrogens with zero attached hydrogens (tertiary/aromatic N) is 7. The molecule has 0 bridgehead atoms. The number of thiazole rings is 1. The monoisotopic (exact) mass is 474 g/mol. The molecule has 12 heteroatoms. The minimum absolute atomic E-state index is 0.128. The molecule has 2 aliphatic heterocycles. The smallest absolute Gasteiger partial charge is 0.232 e. The molecule has 4 heterocycles. The van der Waals surface area contributed by atoms with Crippen LogP contribution in [0.2, 0.25) is 5.02 Å². The van der Waals surface area contributed by atoms with Crippen molar-refractivity contribution in [2.24, 2.45) is 5.10 Å². The number of hydrazone groups is 1. The lowest BCUT2D eigenvalue weighted by molar-refractivity contribution is -0.0998. The van der Waals surface area contributed by atoms with Gasteiger partial charge in [0.15, 0.2) is 0 Å². The summed E-state index contributed by atoms with van der Waals surface area (Å²) in [5.74, 6) is 1.67. The van der Waals surface area contributed by atoms with Gasteiger partial charge in [0.1, 0.15) is 17.8 Å². The maximum atomic E-state index is 13.5. The molecular weight excluding hydrogens is 455 g/mol. The summed E-state index contributed by atoms with van der Waals surface area (Å²) in [6.45, 7) is 1.67. The lowest BCUT2D eigenvalue weighted by atomic mass is 9.98. The Morgan fingerprint density at radius 3 is 2.59 bits per heavy atom. The number of hydrazine groups is 2. The maximum Gasteiger partial charge on any atom is 0.232 e. The third-order valence-corrected chi connectivity index (χ3v) is 6.47. The highest BCUT2D eigenvalue weighted by Gasteiger charge is 2.30. The van der Waals surface area contributed by atoms with Crippen molar-refractivity contribution in [1.29, 1.82) is 0 Å². The first-order valence-electron chi connectivity index (χ1n) is 10.1. The molecule has 1 aromatic carbocycles. The molecule has 2 aliphatic rings. The lowest BCUT2D eigenvalue weighted by Crippen LogP contribution is -2.42. The molecule has 32 heavy (non-hydrogen) atoms. The average molecular weight is 475 g/mol. The first-order chi connectivity index (χ1) is 15.7. The van der Waals surface area contributed by atoms with Crippen molar-refractivity contribution in [3.05, 3.63) is 63.8 Å². The predicted octanol–water partition coefficient (Wildman–Crippen LogP) is 3.91. The molecule has 0 amide bonds. The Kier molecular flexibility index (Phi) is 6.02. The van der Waals surface area contributed by atoms with Crippen molar-refractivity contribution in [3.63, 3.8) is 0 Å². The van der Waals surface area contributed by atoms with Gasteiger partial charge in [0.05, 0.1) is 22.4 Å². The van der Waals surface area contributed by atoms with Gasteiger partial charge >= 0.3 is 0 Å². The Morgan fingerprint density at radius 1 is 1.16 bits per heavy atom. The van der Waals surface area contributed by atoms with E-state index < -0.39 is 6.23 Å². The SMILES string of the molecule is FN1N=CN(C(Oc2ccccc2)c2csc(C3CCN(c4ncc(Cl)cn4)CC3)n2)N1. The lowest BCUT2D eigenvalue weighted by Gasteiger charge is -2.31. The topological polar surface area (TPSA) is 82.0 Å². The van der Waals surface area contributed by atoms with Crippen LogP contribution in [-0.2, 0) is 0 Å². The number of hydrogen-bond acceptors (Lipinski definition) is 10. The van der Waals surface area contributed by atoms with E-state index in [1.165, 1.54) is 11.3 Å². The first kappa shape index (κ1) is 20.9. The van der Waals surface area contributed by atoms with Gasteiger partial charge in [0.25, 0.3) is 0 Å². The van der Waals surface area contributed by atoms with E-state index >= 15 is 0 Å². The van der Waals surface area contributed by atoms with Gasteiger partial charge in [-0.3, -0.25) is 0 Å². The second-order valence-corrected chi connectivity index (χ2v) is 8.68. The summed E-state index contributed by atoms with van der Waals surface area (Å²) < 4.78 is 19.6. The highest BCUT2D eigenvalue weighted by atomic mass is 35.5. The molecule has 1 N–H and O–H groups in total. The number of nitrogens with one attached hydrogen (secondary N) is 1. The van der Waals surface area contributed by atoms with Crippen molar-refractivity contribution in [1.82, 2.24) is 30.8 Å². The Labute approximate surface area is 193 Å². The van der Waals surface area contributed by atoms with Crippen LogP contribution in [0.1, 0.15) is 35.7 Å². The molecule has 2 aromatic heterocycles. The second kappa shape index (κ2) is 9.23. The zero-order chi connectivity index (χ0) is 21.9. The minimum Gasteiger partial charge on any atom is -0.463 e. The van der Waals surface area contributed by atoms with E-state index in [0.29, 0.717) is 28.3 Å². The Hall–Kier alpha value is -3.02. The van der Waals surface area contributed by atoms with E-state index in [2.05, 4.69) is 25.5 Å². The summed E-state index contributed by atoms with van der Waals surface area (Å²) in [5.41, 5.74) is 3.16. The van der Waals surface area contributed by atoms with Crippen LogP contribution in [0.5, 0.6) is 5.75 Å². The summed E-state index contributed by atoms with van der Waals surface area (Å²) in [6, 6.07) is 9.35. The molecule has 0 saturated carbocycles. The standard InChI is InChI=1S/C20H20ClFN8OS/c21-15-10-23-20(24-11-15)28-8-6-14(7-9-28)18-26-17(12-32-18)19(29-13-25-30(22)27-29)31-16-4-2-1-3-5-16/h1-5,10-14,19,27H,6-9H2. The number of piperidine rings is 1. The molecule has 9 nitrogen and oxygen atoms in total. The second-order valence-electron chi connectivity index (χ2n) is 7.35. The van der Waals surface area contributed by atoms with Crippen LogP contribution in [-0.4, -0.2) is 44.7 Å². The van der Waals surface area contributed by atoms with Crippen molar-refractivity contribution in [3.8, 4) is 5.75 Å². The molecule has 0 radical (unpaired) electrons. The van der Waals surface area contributed by atoms with Crippen LogP contribution in [0.3, 0.4) is 0 Å². The molecule has 166 valence electrons. The number of halogens is 2. The zero-order valence-electron chi connectivity index (χ0n) is 16.9. The number of para-hydroxylation sites is 1. The average Bonchev–Trinajstić information content (AvgIpc) is 3.48. The fourth-order valence-corrected chi connectivity index (χ4v) is 4.74. The van der Waals surface area contributed by atoms with Crippen molar-refractivity contribution in [2.75, 3.05) is 18.0 Å². The van der Waals surface area contributed by atoms with E-state index in [9.17, 15) is 4.48 Å². The highest BCUT2D eigenvalue weighted by molar-refractivity contribution is 7.09. The van der Waals surface area contributed by atoms with Crippen molar-refractivity contribution >= 4 is 35.2 Å². The Balaban J connectivity index is 1.29. The van der Waals surface area contributed by atoms with E-state index in [4.69, 9.17) is 21.3 Å². The molecule has 0 aliphatic carbocycles. The van der Waals surface area contributed by atoms with Crippen LogP contribution in [0, 0.1) is 0 Å². The van der Waals surface area contributed by atoms with Gasteiger partial charge in [0, 0.05) is 24.4 Å². The van der Waals surface area contributed by atoms with Crippen molar-refractivity contribution < 1.29 is 9.22 Å². The fourth-order valence-electron chi connectivity index (χ4n) is 3.65. The number of aromatic nitrogens is 3. The van der Waals surface area contributed by atoms with E-state index in [1.54, 1.807) is 23.7 Å². The van der Waals surface area contributed by atoms with Gasteiger partial charge < -0.3 is 9.64 Å². The Bertz CT molecular complexity index is 1060. The fraction of sp³-hybridized carbons (Fsp3) is 0.300. The number of rotatable bonds is 6. The normalized spacial score (nSPS) is 17.8. The number of anilines is 1. The van der Waals surface area contributed by atoms with E-state index in [1.807, 2.05) is 35.7 Å². The largest absolute Gasteiger partial charge is 0.463 e. The van der Waals surface area contributed by atoms with Crippen LogP contribution in [0.25, 0.3) is 0 Å². The van der Waals surface area contributed by atoms with Gasteiger partial charge in [0.2, 0.25) is 12.2 Å². The van der Waals surface area contributed by atoms with Gasteiger partial charge in [-0.25, -0.2) is 20.0 Å². The number of benzene rings is 1. The van der Waals surface area contributed by atoms with Crippen LogP contribution in [0.4, 0.5) is 10.4 Å². The highest BCUT2D eigenvalue weighted by Crippen LogP contribution is 2.34. The molecule has 1 saturated heterocycles. The molecule has 0 spiro atoms. The molecule has 1 atom stereocenters. The minimum atomic E-state index is -0.672. The molecule has 5 rings (SSSR count). The number of hydrogen-bond donors (Lipinski definition) is 1. The van der Waals surface area contributed by atoms with Crippen LogP contribution < -0.4 is 15.2 Å². The summed E-state index contributed by atoms with van der Waals surface area (Å²) in [7, 11) is 0. The van der Waals surface area contributed by atoms with Crippen LogP contribution in [0.15, 0.2) is 53.2 Å². The summed E-state index contributed by atoms with van der Waals surface area (Å²) >= 11 is 7.48. The first-order valence-corrected chi connectivity index (χ1v) is 11.4. The van der Waals surface area contributed by atoms with Gasteiger partial charge in [-0.15, -0.1) is 16.4 Å². The third kappa shape index (κ3) is 4.59. The predicted molar refractivity (Wildman–Crippen MR) is 120 cm³/mol. The molecule has 1 unspecified atom stereocenters. The molecule has 1 fully saturated rings. The Morgan fingerprint density at radius 2 is 1.91 bits per heavy atom. The third-order valence-electron chi connectivity index (χ3n) is 5.25. The summed E-state index contributed by atoms with van der Waals surface area (Å²) in [4.78, 5) is 15.6. The number of ether oxygens (including phenoxy) is 1. The van der Waals surface area contributed by atoms with E-state index in [-0.39, 0.29) is 5.34 Å².